The lowest BCUT2D eigenvalue weighted by Crippen LogP contribution is -2.33. The first-order valence-electron chi connectivity index (χ1n) is 5.02. The fraction of sp³-hybridized carbons (Fsp3) is 0.300. The van der Waals surface area contributed by atoms with Crippen LogP contribution in [-0.2, 0) is 14.8 Å². The number of nitrogens with one attached hydrogen (secondary N) is 2. The smallest absolute Gasteiger partial charge is 0.240 e. The van der Waals surface area contributed by atoms with E-state index in [0.29, 0.717) is 0 Å². The summed E-state index contributed by atoms with van der Waals surface area (Å²) < 4.78 is 38.6. The highest BCUT2D eigenvalue weighted by Crippen LogP contribution is 2.18. The highest BCUT2D eigenvalue weighted by molar-refractivity contribution is 7.89. The Labute approximate surface area is 109 Å². The molecule has 0 saturated heterocycles. The SMILES string of the molecule is CC(=O)NCCNS(=O)(=O)c1ccc(F)c(Cl)c1. The maximum atomic E-state index is 12.9. The number of carbonyl (C=O) groups is 1. The number of benzene rings is 1. The van der Waals surface area contributed by atoms with Crippen LogP contribution in [0.5, 0.6) is 0 Å². The van der Waals surface area contributed by atoms with Gasteiger partial charge in [0.05, 0.1) is 9.92 Å². The Morgan fingerprint density at radius 1 is 1.39 bits per heavy atom. The van der Waals surface area contributed by atoms with Crippen LogP contribution in [0.3, 0.4) is 0 Å². The molecule has 18 heavy (non-hydrogen) atoms. The van der Waals surface area contributed by atoms with E-state index in [-0.39, 0.29) is 28.9 Å². The zero-order chi connectivity index (χ0) is 13.8. The van der Waals surface area contributed by atoms with Gasteiger partial charge in [-0.05, 0) is 18.2 Å². The normalized spacial score (nSPS) is 11.3. The molecule has 0 unspecified atom stereocenters. The van der Waals surface area contributed by atoms with Gasteiger partial charge in [0, 0.05) is 20.0 Å². The standard InChI is InChI=1S/C10H12ClFN2O3S/c1-7(15)13-4-5-14-18(16,17)8-2-3-10(12)9(11)6-8/h2-3,6,14H,4-5H2,1H3,(H,13,15). The molecule has 0 aliphatic carbocycles. The van der Waals surface area contributed by atoms with Gasteiger partial charge in [-0.15, -0.1) is 0 Å². The average molecular weight is 295 g/mol. The van der Waals surface area contributed by atoms with Crippen molar-refractivity contribution in [2.45, 2.75) is 11.8 Å². The van der Waals surface area contributed by atoms with E-state index in [4.69, 9.17) is 11.6 Å². The molecule has 2 N–H and O–H groups in total. The Bertz CT molecular complexity index is 548. The van der Waals surface area contributed by atoms with Crippen LogP contribution in [0, 0.1) is 5.82 Å². The largest absolute Gasteiger partial charge is 0.355 e. The molecule has 0 atom stereocenters. The first-order valence-corrected chi connectivity index (χ1v) is 6.88. The molecule has 1 aromatic rings. The molecule has 0 aromatic heterocycles. The first kappa shape index (κ1) is 14.9. The predicted molar refractivity (Wildman–Crippen MR) is 65.3 cm³/mol. The summed E-state index contributed by atoms with van der Waals surface area (Å²) in [5, 5.41) is 2.17. The minimum absolute atomic E-state index is 0.0386. The van der Waals surface area contributed by atoms with Crippen LogP contribution in [0.2, 0.25) is 5.02 Å². The molecule has 0 radical (unpaired) electrons. The molecule has 0 spiro atoms. The quantitative estimate of drug-likeness (QED) is 0.792. The Morgan fingerprint density at radius 3 is 2.61 bits per heavy atom. The molecule has 1 amide bonds. The molecule has 1 aromatic carbocycles. The summed E-state index contributed by atoms with van der Waals surface area (Å²) in [6.45, 7) is 1.54. The van der Waals surface area contributed by atoms with Gasteiger partial charge in [-0.3, -0.25) is 4.79 Å². The minimum Gasteiger partial charge on any atom is -0.355 e. The third kappa shape index (κ3) is 4.25. The third-order valence-electron chi connectivity index (χ3n) is 1.99. The second kappa shape index (κ2) is 6.12. The lowest BCUT2D eigenvalue weighted by atomic mass is 10.3. The maximum Gasteiger partial charge on any atom is 0.240 e. The lowest BCUT2D eigenvalue weighted by Gasteiger charge is -2.07. The van der Waals surface area contributed by atoms with Crippen molar-refractivity contribution in [1.82, 2.24) is 10.0 Å². The van der Waals surface area contributed by atoms with Gasteiger partial charge in [-0.2, -0.15) is 0 Å². The van der Waals surface area contributed by atoms with E-state index in [1.54, 1.807) is 0 Å². The molecule has 0 fully saturated rings. The van der Waals surface area contributed by atoms with E-state index in [0.717, 1.165) is 18.2 Å². The topological polar surface area (TPSA) is 75.3 Å². The highest BCUT2D eigenvalue weighted by Gasteiger charge is 2.15. The van der Waals surface area contributed by atoms with E-state index < -0.39 is 15.8 Å². The van der Waals surface area contributed by atoms with E-state index in [1.165, 1.54) is 6.92 Å². The number of sulfonamides is 1. The second-order valence-corrected chi connectivity index (χ2v) is 5.63. The molecule has 0 aliphatic rings. The molecule has 0 aliphatic heterocycles. The zero-order valence-corrected chi connectivity index (χ0v) is 11.1. The van der Waals surface area contributed by atoms with Crippen LogP contribution in [0.15, 0.2) is 23.1 Å². The van der Waals surface area contributed by atoms with Crippen LogP contribution in [0.1, 0.15) is 6.92 Å². The van der Waals surface area contributed by atoms with Crippen LogP contribution in [-0.4, -0.2) is 27.4 Å². The van der Waals surface area contributed by atoms with Crippen LogP contribution >= 0.6 is 11.6 Å². The van der Waals surface area contributed by atoms with E-state index in [9.17, 15) is 17.6 Å². The Balaban J connectivity index is 2.68. The summed E-state index contributed by atoms with van der Waals surface area (Å²) in [5.74, 6) is -0.937. The van der Waals surface area contributed by atoms with Crippen molar-refractivity contribution < 1.29 is 17.6 Å². The molecule has 8 heteroatoms. The lowest BCUT2D eigenvalue weighted by molar-refractivity contribution is -0.118. The summed E-state index contributed by atoms with van der Waals surface area (Å²) in [5.41, 5.74) is 0. The summed E-state index contributed by atoms with van der Waals surface area (Å²) in [7, 11) is -3.75. The monoisotopic (exact) mass is 294 g/mol. The Morgan fingerprint density at radius 2 is 2.06 bits per heavy atom. The maximum absolute atomic E-state index is 12.9. The van der Waals surface area contributed by atoms with Gasteiger partial charge in [0.15, 0.2) is 0 Å². The molecule has 1 rings (SSSR count). The number of amides is 1. The van der Waals surface area contributed by atoms with E-state index >= 15 is 0 Å². The van der Waals surface area contributed by atoms with Crippen molar-refractivity contribution in [3.8, 4) is 0 Å². The summed E-state index contributed by atoms with van der Waals surface area (Å²) >= 11 is 5.50. The summed E-state index contributed by atoms with van der Waals surface area (Å²) in [4.78, 5) is 10.4. The van der Waals surface area contributed by atoms with Crippen LogP contribution in [0.25, 0.3) is 0 Å². The molecule has 5 nitrogen and oxygen atoms in total. The molecular formula is C10H12ClFN2O3S. The number of halogens is 2. The van der Waals surface area contributed by atoms with Crippen molar-refractivity contribution in [3.63, 3.8) is 0 Å². The fourth-order valence-corrected chi connectivity index (χ4v) is 2.45. The van der Waals surface area contributed by atoms with Crippen LogP contribution < -0.4 is 10.0 Å². The molecule has 0 bridgehead atoms. The Kier molecular flexibility index (Phi) is 5.06. The van der Waals surface area contributed by atoms with Gasteiger partial charge < -0.3 is 5.32 Å². The van der Waals surface area contributed by atoms with Gasteiger partial charge >= 0.3 is 0 Å². The molecule has 0 saturated carbocycles. The average Bonchev–Trinajstić information content (AvgIpc) is 2.28. The number of hydrogen-bond donors (Lipinski definition) is 2. The van der Waals surface area contributed by atoms with Crippen molar-refractivity contribution in [3.05, 3.63) is 29.0 Å². The van der Waals surface area contributed by atoms with Gasteiger partial charge in [0.2, 0.25) is 15.9 Å². The number of rotatable bonds is 5. The van der Waals surface area contributed by atoms with E-state index in [1.807, 2.05) is 0 Å². The molecule has 0 heterocycles. The molecule has 100 valence electrons. The van der Waals surface area contributed by atoms with Crippen molar-refractivity contribution in [2.75, 3.05) is 13.1 Å². The first-order chi connectivity index (χ1) is 8.33. The van der Waals surface area contributed by atoms with Gasteiger partial charge in [0.1, 0.15) is 5.82 Å². The predicted octanol–water partition coefficient (Wildman–Crippen LogP) is 0.894. The number of carbonyl (C=O) groups excluding carboxylic acids is 1. The van der Waals surface area contributed by atoms with Gasteiger partial charge in [-0.25, -0.2) is 17.5 Å². The Hall–Kier alpha value is -1.18. The van der Waals surface area contributed by atoms with Gasteiger partial charge in [-0.1, -0.05) is 11.6 Å². The summed E-state index contributed by atoms with van der Waals surface area (Å²) in [6, 6.07) is 3.12. The van der Waals surface area contributed by atoms with Crippen molar-refractivity contribution in [1.29, 1.82) is 0 Å². The zero-order valence-electron chi connectivity index (χ0n) is 9.54. The number of hydrogen-bond acceptors (Lipinski definition) is 3. The highest BCUT2D eigenvalue weighted by atomic mass is 35.5. The fourth-order valence-electron chi connectivity index (χ4n) is 1.15. The van der Waals surface area contributed by atoms with Crippen LogP contribution in [0.4, 0.5) is 4.39 Å². The summed E-state index contributed by atoms with van der Waals surface area (Å²) in [6.07, 6.45) is 0. The minimum atomic E-state index is -3.75. The second-order valence-electron chi connectivity index (χ2n) is 3.46. The van der Waals surface area contributed by atoms with Crippen molar-refractivity contribution >= 4 is 27.5 Å². The van der Waals surface area contributed by atoms with E-state index in [2.05, 4.69) is 10.0 Å². The van der Waals surface area contributed by atoms with Gasteiger partial charge in [0.25, 0.3) is 0 Å². The van der Waals surface area contributed by atoms with Crippen molar-refractivity contribution in [2.24, 2.45) is 0 Å². The third-order valence-corrected chi connectivity index (χ3v) is 3.74. The molecular weight excluding hydrogens is 283 g/mol.